The van der Waals surface area contributed by atoms with Crippen molar-refractivity contribution >= 4 is 17.0 Å². The number of nitriles is 1. The number of carboxylic acids is 1. The minimum absolute atomic E-state index is 0.0271. The van der Waals surface area contributed by atoms with Crippen molar-refractivity contribution in [3.05, 3.63) is 112 Å². The molecule has 1 fully saturated rings. The number of halogens is 5. The zero-order valence-corrected chi connectivity index (χ0v) is 23.8. The minimum Gasteiger partial charge on any atom is -0.478 e. The van der Waals surface area contributed by atoms with Crippen LogP contribution in [0.25, 0.3) is 22.3 Å². The molecule has 234 valence electrons. The van der Waals surface area contributed by atoms with Gasteiger partial charge in [-0.1, -0.05) is 12.1 Å². The van der Waals surface area contributed by atoms with Gasteiger partial charge in [-0.25, -0.2) is 36.7 Å². The van der Waals surface area contributed by atoms with E-state index in [0.29, 0.717) is 11.0 Å². The van der Waals surface area contributed by atoms with E-state index in [9.17, 15) is 23.1 Å². The summed E-state index contributed by atoms with van der Waals surface area (Å²) in [6.07, 6.45) is -1.70. The van der Waals surface area contributed by atoms with Crippen LogP contribution >= 0.6 is 0 Å². The van der Waals surface area contributed by atoms with Gasteiger partial charge in [0.1, 0.15) is 36.5 Å². The summed E-state index contributed by atoms with van der Waals surface area (Å²) in [6, 6.07) is 16.3. The molecule has 0 saturated carbocycles. The van der Waals surface area contributed by atoms with Gasteiger partial charge in [0.25, 0.3) is 5.92 Å². The van der Waals surface area contributed by atoms with Crippen LogP contribution in [0.1, 0.15) is 39.3 Å². The van der Waals surface area contributed by atoms with Crippen molar-refractivity contribution in [2.24, 2.45) is 0 Å². The number of aromatic nitrogens is 3. The van der Waals surface area contributed by atoms with Crippen LogP contribution in [0.5, 0.6) is 5.88 Å². The number of carbonyl (C=O) groups is 1. The normalized spacial score (nSPS) is 15.6. The van der Waals surface area contributed by atoms with Crippen LogP contribution in [0, 0.1) is 28.8 Å². The molecule has 5 aromatic rings. The Bertz CT molecular complexity index is 2020. The first kappa shape index (κ1) is 30.7. The number of hydrogen-bond acceptors (Lipinski definition) is 6. The molecule has 1 atom stereocenters. The number of fused-ring (bicyclic) bond motifs is 1. The number of ether oxygens (including phenoxy) is 2. The van der Waals surface area contributed by atoms with Gasteiger partial charge in [-0.15, -0.1) is 0 Å². The molecule has 6 rings (SSSR count). The fourth-order valence-corrected chi connectivity index (χ4v) is 5.28. The molecule has 0 aliphatic carbocycles. The summed E-state index contributed by atoms with van der Waals surface area (Å²) in [4.78, 5) is 20.3. The SMILES string of the molecule is N#Cc1ccc(COc2cccc(-c3cc(F)c(Cc4nc5ccc(C(=O)O)cc5n4C[C@@H]4CC(F)(F)CO4)cc3F)n2)c(F)c1. The Kier molecular flexibility index (Phi) is 8.14. The number of carboxylic acid groups (broad SMARTS) is 1. The summed E-state index contributed by atoms with van der Waals surface area (Å²) in [5, 5.41) is 18.4. The summed E-state index contributed by atoms with van der Waals surface area (Å²) >= 11 is 0. The molecule has 1 saturated heterocycles. The first-order valence-corrected chi connectivity index (χ1v) is 14.0. The third kappa shape index (κ3) is 6.38. The molecule has 46 heavy (non-hydrogen) atoms. The van der Waals surface area contributed by atoms with Gasteiger partial charge in [0.05, 0.1) is 46.6 Å². The van der Waals surface area contributed by atoms with Crippen molar-refractivity contribution in [2.75, 3.05) is 6.61 Å². The van der Waals surface area contributed by atoms with E-state index in [-0.39, 0.29) is 64.8 Å². The van der Waals surface area contributed by atoms with Crippen molar-refractivity contribution in [3.63, 3.8) is 0 Å². The molecule has 1 aliphatic heterocycles. The maximum atomic E-state index is 15.5. The van der Waals surface area contributed by atoms with Gasteiger partial charge < -0.3 is 19.1 Å². The summed E-state index contributed by atoms with van der Waals surface area (Å²) in [5.41, 5.74) is 0.742. The van der Waals surface area contributed by atoms with Gasteiger partial charge in [-0.05, 0) is 54.1 Å². The molecule has 3 aromatic carbocycles. The van der Waals surface area contributed by atoms with Gasteiger partial charge in [0.2, 0.25) is 5.88 Å². The van der Waals surface area contributed by atoms with Crippen LogP contribution in [-0.2, 0) is 24.3 Å². The Hall–Kier alpha value is -5.35. The fourth-order valence-electron chi connectivity index (χ4n) is 5.28. The summed E-state index contributed by atoms with van der Waals surface area (Å²) < 4.78 is 85.2. The zero-order chi connectivity index (χ0) is 32.6. The lowest BCUT2D eigenvalue weighted by Crippen LogP contribution is -2.19. The number of hydrogen-bond donors (Lipinski definition) is 1. The highest BCUT2D eigenvalue weighted by Crippen LogP contribution is 2.32. The molecule has 0 radical (unpaired) electrons. The maximum absolute atomic E-state index is 15.5. The number of benzene rings is 3. The van der Waals surface area contributed by atoms with Crippen LogP contribution in [0.3, 0.4) is 0 Å². The van der Waals surface area contributed by atoms with Gasteiger partial charge >= 0.3 is 5.97 Å². The molecular weight excluding hydrogens is 611 g/mol. The van der Waals surface area contributed by atoms with Crippen LogP contribution in [-0.4, -0.2) is 44.2 Å². The van der Waals surface area contributed by atoms with Crippen molar-refractivity contribution in [1.29, 1.82) is 5.26 Å². The summed E-state index contributed by atoms with van der Waals surface area (Å²) in [7, 11) is 0. The maximum Gasteiger partial charge on any atom is 0.335 e. The van der Waals surface area contributed by atoms with Gasteiger partial charge in [0, 0.05) is 30.0 Å². The molecule has 2 aromatic heterocycles. The third-order valence-electron chi connectivity index (χ3n) is 7.56. The number of nitrogens with zero attached hydrogens (tertiary/aromatic N) is 4. The molecule has 0 bridgehead atoms. The van der Waals surface area contributed by atoms with Crippen LogP contribution in [0.4, 0.5) is 22.0 Å². The zero-order valence-electron chi connectivity index (χ0n) is 23.8. The van der Waals surface area contributed by atoms with Crippen LogP contribution < -0.4 is 4.74 Å². The second-order valence-corrected chi connectivity index (χ2v) is 10.8. The average Bonchev–Trinajstić information content (AvgIpc) is 3.55. The standard InChI is InChI=1S/C33H23F5N4O4/c34-24-8-18(14-39)4-5-20(24)16-45-31-3-1-2-27(41-31)23-12-25(35)21(9-26(23)36)11-30-40-28-7-6-19(32(43)44)10-29(28)42(30)15-22-13-33(37,38)17-46-22/h1-10,12,22H,11,13,15-17H2,(H,43,44)/t22-/m0/s1. The smallest absolute Gasteiger partial charge is 0.335 e. The lowest BCUT2D eigenvalue weighted by atomic mass is 10.0. The number of aromatic carboxylic acids is 1. The van der Waals surface area contributed by atoms with Gasteiger partial charge in [-0.2, -0.15) is 5.26 Å². The third-order valence-corrected chi connectivity index (χ3v) is 7.56. The molecule has 3 heterocycles. The lowest BCUT2D eigenvalue weighted by molar-refractivity contribution is -0.0105. The van der Waals surface area contributed by atoms with E-state index in [1.54, 1.807) is 0 Å². The average molecular weight is 635 g/mol. The Morgan fingerprint density at radius 1 is 1.02 bits per heavy atom. The molecule has 0 spiro atoms. The first-order valence-electron chi connectivity index (χ1n) is 14.0. The summed E-state index contributed by atoms with van der Waals surface area (Å²) in [5.74, 6) is -6.23. The van der Waals surface area contributed by atoms with E-state index in [4.69, 9.17) is 14.7 Å². The monoisotopic (exact) mass is 634 g/mol. The topological polar surface area (TPSA) is 110 Å². The molecule has 1 N–H and O–H groups in total. The number of pyridine rings is 1. The lowest BCUT2D eigenvalue weighted by Gasteiger charge is -2.15. The van der Waals surface area contributed by atoms with Gasteiger partial charge in [0.15, 0.2) is 0 Å². The van der Waals surface area contributed by atoms with E-state index in [0.717, 1.165) is 18.2 Å². The van der Waals surface area contributed by atoms with E-state index in [1.165, 1.54) is 53.1 Å². The summed E-state index contributed by atoms with van der Waals surface area (Å²) in [6.45, 7) is -1.08. The van der Waals surface area contributed by atoms with E-state index in [2.05, 4.69) is 9.97 Å². The molecule has 0 unspecified atom stereocenters. The van der Waals surface area contributed by atoms with Crippen molar-refractivity contribution in [3.8, 4) is 23.2 Å². The predicted octanol–water partition coefficient (Wildman–Crippen LogP) is 6.68. The highest BCUT2D eigenvalue weighted by Gasteiger charge is 2.41. The highest BCUT2D eigenvalue weighted by atomic mass is 19.3. The Labute approximate surface area is 258 Å². The largest absolute Gasteiger partial charge is 0.478 e. The Morgan fingerprint density at radius 2 is 1.83 bits per heavy atom. The van der Waals surface area contributed by atoms with Gasteiger partial charge in [-0.3, -0.25) is 0 Å². The highest BCUT2D eigenvalue weighted by molar-refractivity contribution is 5.92. The van der Waals surface area contributed by atoms with Crippen LogP contribution in [0.2, 0.25) is 0 Å². The Balaban J connectivity index is 1.27. The minimum atomic E-state index is -3.02. The second-order valence-electron chi connectivity index (χ2n) is 10.8. The first-order chi connectivity index (χ1) is 22.0. The predicted molar refractivity (Wildman–Crippen MR) is 154 cm³/mol. The van der Waals surface area contributed by atoms with Crippen molar-refractivity contribution in [2.45, 2.75) is 38.0 Å². The molecular formula is C33H23F5N4O4. The van der Waals surface area contributed by atoms with E-state index in [1.807, 2.05) is 6.07 Å². The molecule has 0 amide bonds. The number of rotatable bonds is 9. The van der Waals surface area contributed by atoms with Crippen LogP contribution in [0.15, 0.2) is 66.7 Å². The number of imidazole rings is 1. The Morgan fingerprint density at radius 3 is 2.54 bits per heavy atom. The molecule has 1 aliphatic rings. The molecule has 8 nitrogen and oxygen atoms in total. The van der Waals surface area contributed by atoms with Crippen molar-refractivity contribution in [1.82, 2.24) is 14.5 Å². The van der Waals surface area contributed by atoms with E-state index >= 15 is 8.78 Å². The molecule has 13 heteroatoms. The number of alkyl halides is 2. The van der Waals surface area contributed by atoms with E-state index < -0.39 is 48.5 Å². The van der Waals surface area contributed by atoms with Crippen molar-refractivity contribution < 1.29 is 41.3 Å². The second kappa shape index (κ2) is 12.2. The quantitative estimate of drug-likeness (QED) is 0.180. The fraction of sp³-hybridized carbons (Fsp3) is 0.212.